The van der Waals surface area contributed by atoms with E-state index in [1.807, 2.05) is 12.1 Å². The molecule has 2 aromatic rings. The summed E-state index contributed by atoms with van der Waals surface area (Å²) in [5, 5.41) is 3.06. The van der Waals surface area contributed by atoms with Gasteiger partial charge in [0.25, 0.3) is 5.91 Å². The minimum Gasteiger partial charge on any atom is -0.497 e. The largest absolute Gasteiger partial charge is 0.497 e. The summed E-state index contributed by atoms with van der Waals surface area (Å²) in [6.07, 6.45) is 3.73. The van der Waals surface area contributed by atoms with Crippen LogP contribution in [0.1, 0.15) is 36.4 Å². The number of benzene rings is 2. The fourth-order valence-electron chi connectivity index (χ4n) is 3.56. The third kappa shape index (κ3) is 5.73. The van der Waals surface area contributed by atoms with E-state index < -0.39 is 0 Å². The molecular weight excluding hydrogens is 352 g/mol. The number of hydrogen-bond donors (Lipinski definition) is 1. The molecule has 28 heavy (non-hydrogen) atoms. The molecule has 1 amide bonds. The van der Waals surface area contributed by atoms with Crippen molar-refractivity contribution >= 4 is 5.91 Å². The van der Waals surface area contributed by atoms with Gasteiger partial charge in [0.15, 0.2) is 6.61 Å². The highest BCUT2D eigenvalue weighted by molar-refractivity contribution is 5.77. The second-order valence-electron chi connectivity index (χ2n) is 7.29. The Morgan fingerprint density at radius 3 is 2.29 bits per heavy atom. The van der Waals surface area contributed by atoms with Crippen molar-refractivity contribution in [2.24, 2.45) is 0 Å². The molecule has 0 saturated carbocycles. The number of carbonyl (C=O) groups excluding carboxylic acids is 1. The van der Waals surface area contributed by atoms with E-state index in [0.717, 1.165) is 18.8 Å². The Bertz CT molecular complexity index is 737. The first-order chi connectivity index (χ1) is 13.7. The highest BCUT2D eigenvalue weighted by atomic mass is 16.5. The number of amides is 1. The summed E-state index contributed by atoms with van der Waals surface area (Å²) in [6, 6.07) is 16.1. The predicted octanol–water partition coefficient (Wildman–Crippen LogP) is 3.73. The number of rotatable bonds is 8. The summed E-state index contributed by atoms with van der Waals surface area (Å²) in [5.41, 5.74) is 2.50. The second-order valence-corrected chi connectivity index (χ2v) is 7.29. The number of methoxy groups -OCH3 is 1. The third-order valence-corrected chi connectivity index (χ3v) is 5.22. The average Bonchev–Trinajstić information content (AvgIpc) is 2.75. The van der Waals surface area contributed by atoms with Gasteiger partial charge in [0, 0.05) is 6.54 Å². The Morgan fingerprint density at radius 1 is 1.00 bits per heavy atom. The lowest BCUT2D eigenvalue weighted by Crippen LogP contribution is -2.41. The van der Waals surface area contributed by atoms with Crippen LogP contribution in [0.4, 0.5) is 0 Å². The van der Waals surface area contributed by atoms with Crippen LogP contribution in [0.2, 0.25) is 0 Å². The normalized spacial score (nSPS) is 15.6. The van der Waals surface area contributed by atoms with Crippen LogP contribution < -0.4 is 14.8 Å². The van der Waals surface area contributed by atoms with E-state index in [1.165, 1.54) is 30.4 Å². The summed E-state index contributed by atoms with van der Waals surface area (Å²) in [6.45, 7) is 4.85. The molecule has 0 aliphatic carbocycles. The summed E-state index contributed by atoms with van der Waals surface area (Å²) in [4.78, 5) is 14.8. The first-order valence-electron chi connectivity index (χ1n) is 10.00. The predicted molar refractivity (Wildman–Crippen MR) is 111 cm³/mol. The van der Waals surface area contributed by atoms with Gasteiger partial charge in [-0.3, -0.25) is 9.69 Å². The van der Waals surface area contributed by atoms with E-state index in [1.54, 1.807) is 19.2 Å². The summed E-state index contributed by atoms with van der Waals surface area (Å²) in [7, 11) is 1.62. The zero-order valence-electron chi connectivity index (χ0n) is 16.8. The number of aryl methyl sites for hydroxylation is 1. The van der Waals surface area contributed by atoms with Gasteiger partial charge in [-0.05, 0) is 62.7 Å². The van der Waals surface area contributed by atoms with E-state index >= 15 is 0 Å². The van der Waals surface area contributed by atoms with Crippen LogP contribution in [0.3, 0.4) is 0 Å². The number of hydrogen-bond acceptors (Lipinski definition) is 4. The molecule has 0 unspecified atom stereocenters. The topological polar surface area (TPSA) is 50.8 Å². The Kier molecular flexibility index (Phi) is 7.31. The van der Waals surface area contributed by atoms with E-state index in [2.05, 4.69) is 41.4 Å². The minimum atomic E-state index is -0.107. The van der Waals surface area contributed by atoms with Crippen molar-refractivity contribution in [2.45, 2.75) is 32.2 Å². The van der Waals surface area contributed by atoms with Gasteiger partial charge >= 0.3 is 0 Å². The van der Waals surface area contributed by atoms with Crippen LogP contribution in [0.5, 0.6) is 11.5 Å². The zero-order chi connectivity index (χ0) is 19.8. The molecule has 0 aromatic heterocycles. The number of ether oxygens (including phenoxy) is 2. The molecular formula is C23H30N2O3. The molecule has 1 saturated heterocycles. The lowest BCUT2D eigenvalue weighted by Gasteiger charge is -2.35. The third-order valence-electron chi connectivity index (χ3n) is 5.22. The lowest BCUT2D eigenvalue weighted by molar-refractivity contribution is -0.123. The fraction of sp³-hybridized carbons (Fsp3) is 0.435. The minimum absolute atomic E-state index is 0.00689. The van der Waals surface area contributed by atoms with Crippen LogP contribution in [0.25, 0.3) is 0 Å². The van der Waals surface area contributed by atoms with Gasteiger partial charge < -0.3 is 14.8 Å². The lowest BCUT2D eigenvalue weighted by atomic mass is 10.0. The molecule has 1 aliphatic heterocycles. The van der Waals surface area contributed by atoms with Gasteiger partial charge in [-0.15, -0.1) is 0 Å². The summed E-state index contributed by atoms with van der Waals surface area (Å²) in [5.74, 6) is 1.31. The van der Waals surface area contributed by atoms with Gasteiger partial charge in [-0.1, -0.05) is 36.2 Å². The van der Waals surface area contributed by atoms with Crippen LogP contribution in [-0.2, 0) is 4.79 Å². The van der Waals surface area contributed by atoms with Crippen molar-refractivity contribution in [2.75, 3.05) is 33.4 Å². The van der Waals surface area contributed by atoms with Crippen molar-refractivity contribution in [1.82, 2.24) is 10.2 Å². The number of nitrogens with zero attached hydrogens (tertiary/aromatic N) is 1. The van der Waals surface area contributed by atoms with Crippen molar-refractivity contribution < 1.29 is 14.3 Å². The van der Waals surface area contributed by atoms with Gasteiger partial charge in [-0.2, -0.15) is 0 Å². The monoisotopic (exact) mass is 382 g/mol. The van der Waals surface area contributed by atoms with Crippen LogP contribution >= 0.6 is 0 Å². The van der Waals surface area contributed by atoms with E-state index in [9.17, 15) is 4.79 Å². The second kappa shape index (κ2) is 10.1. The SMILES string of the molecule is COc1ccc(OCC(=O)NC[C@@H](c2ccc(C)cc2)N2CCCCC2)cc1. The molecule has 1 N–H and O–H groups in total. The molecule has 5 heteroatoms. The van der Waals surface area contributed by atoms with Gasteiger partial charge in [0.05, 0.1) is 13.2 Å². The van der Waals surface area contributed by atoms with Crippen molar-refractivity contribution in [3.8, 4) is 11.5 Å². The van der Waals surface area contributed by atoms with Crippen molar-refractivity contribution in [3.63, 3.8) is 0 Å². The molecule has 2 aromatic carbocycles. The Balaban J connectivity index is 1.55. The first-order valence-corrected chi connectivity index (χ1v) is 10.00. The van der Waals surface area contributed by atoms with Crippen molar-refractivity contribution in [3.05, 3.63) is 59.7 Å². The van der Waals surface area contributed by atoms with Gasteiger partial charge in [0.2, 0.25) is 0 Å². The maximum atomic E-state index is 12.3. The van der Waals surface area contributed by atoms with E-state index in [4.69, 9.17) is 9.47 Å². The molecule has 0 spiro atoms. The van der Waals surface area contributed by atoms with E-state index in [0.29, 0.717) is 12.3 Å². The Morgan fingerprint density at radius 2 is 1.64 bits per heavy atom. The zero-order valence-corrected chi connectivity index (χ0v) is 16.8. The molecule has 0 radical (unpaired) electrons. The molecule has 1 heterocycles. The number of carbonyl (C=O) groups is 1. The molecule has 1 fully saturated rings. The van der Waals surface area contributed by atoms with E-state index in [-0.39, 0.29) is 18.6 Å². The van der Waals surface area contributed by atoms with Crippen LogP contribution in [0, 0.1) is 6.92 Å². The molecule has 1 aliphatic rings. The van der Waals surface area contributed by atoms with Crippen molar-refractivity contribution in [1.29, 1.82) is 0 Å². The molecule has 3 rings (SSSR count). The van der Waals surface area contributed by atoms with Crippen LogP contribution in [0.15, 0.2) is 48.5 Å². The molecule has 5 nitrogen and oxygen atoms in total. The van der Waals surface area contributed by atoms with Crippen LogP contribution in [-0.4, -0.2) is 44.2 Å². The maximum absolute atomic E-state index is 12.3. The van der Waals surface area contributed by atoms with Gasteiger partial charge in [-0.25, -0.2) is 0 Å². The summed E-state index contributed by atoms with van der Waals surface area (Å²) >= 11 is 0. The smallest absolute Gasteiger partial charge is 0.258 e. The Hall–Kier alpha value is -2.53. The first kappa shape index (κ1) is 20.2. The average molecular weight is 383 g/mol. The molecule has 0 bridgehead atoms. The number of piperidine rings is 1. The fourth-order valence-corrected chi connectivity index (χ4v) is 3.56. The quantitative estimate of drug-likeness (QED) is 0.756. The highest BCUT2D eigenvalue weighted by Gasteiger charge is 2.22. The standard InChI is InChI=1S/C23H30N2O3/c1-18-6-8-19(9-7-18)22(25-14-4-3-5-15-25)16-24-23(26)17-28-21-12-10-20(27-2)11-13-21/h6-13,22H,3-5,14-17H2,1-2H3,(H,24,26)/t22-/m0/s1. The Labute approximate surface area is 167 Å². The highest BCUT2D eigenvalue weighted by Crippen LogP contribution is 2.24. The van der Waals surface area contributed by atoms with Gasteiger partial charge in [0.1, 0.15) is 11.5 Å². The molecule has 1 atom stereocenters. The molecule has 150 valence electrons. The maximum Gasteiger partial charge on any atom is 0.258 e. The summed E-state index contributed by atoms with van der Waals surface area (Å²) < 4.78 is 10.7. The number of nitrogens with one attached hydrogen (secondary N) is 1. The number of likely N-dealkylation sites (tertiary alicyclic amines) is 1.